The Bertz CT molecular complexity index is 490. The highest BCUT2D eigenvalue weighted by atomic mass is 19.1. The lowest BCUT2D eigenvalue weighted by Crippen LogP contribution is -2.52. The molecule has 2 amide bonds. The predicted octanol–water partition coefficient (Wildman–Crippen LogP) is 0.213. The van der Waals surface area contributed by atoms with Crippen LogP contribution in [0.1, 0.15) is 0 Å². The summed E-state index contributed by atoms with van der Waals surface area (Å²) in [5.74, 6) is -0.910. The van der Waals surface area contributed by atoms with E-state index in [2.05, 4.69) is 0 Å². The van der Waals surface area contributed by atoms with Crippen LogP contribution in [-0.2, 0) is 9.59 Å². The summed E-state index contributed by atoms with van der Waals surface area (Å²) in [5.41, 5.74) is 5.83. The van der Waals surface area contributed by atoms with Crippen LogP contribution >= 0.6 is 0 Å². The smallest absolute Gasteiger partial charge is 0.247 e. The Morgan fingerprint density at radius 2 is 1.94 bits per heavy atom. The Balaban J connectivity index is 2.30. The first-order chi connectivity index (χ1) is 7.99. The highest BCUT2D eigenvalue weighted by Gasteiger charge is 2.28. The Kier molecular flexibility index (Phi) is 2.71. The second-order valence-corrected chi connectivity index (χ2v) is 3.94. The molecule has 0 radical (unpaired) electrons. The van der Waals surface area contributed by atoms with Gasteiger partial charge < -0.3 is 15.5 Å². The SMILES string of the molecule is CN1CC(=O)N(c2ccc(F)c(N)c2)CC1=O. The predicted molar refractivity (Wildman–Crippen MR) is 60.8 cm³/mol. The molecule has 1 fully saturated rings. The van der Waals surface area contributed by atoms with Gasteiger partial charge in [0.05, 0.1) is 12.2 Å². The van der Waals surface area contributed by atoms with Crippen LogP contribution in [0.15, 0.2) is 18.2 Å². The zero-order valence-electron chi connectivity index (χ0n) is 9.31. The molecule has 1 aromatic carbocycles. The van der Waals surface area contributed by atoms with Gasteiger partial charge in [0.25, 0.3) is 0 Å². The molecule has 2 N–H and O–H groups in total. The molecule has 2 rings (SSSR count). The molecule has 0 bridgehead atoms. The van der Waals surface area contributed by atoms with Crippen LogP contribution in [0.4, 0.5) is 15.8 Å². The maximum Gasteiger partial charge on any atom is 0.247 e. The Hall–Kier alpha value is -2.11. The van der Waals surface area contributed by atoms with Gasteiger partial charge >= 0.3 is 0 Å². The third-order valence-corrected chi connectivity index (χ3v) is 2.68. The number of amides is 2. The van der Waals surface area contributed by atoms with Crippen LogP contribution in [0.5, 0.6) is 0 Å². The number of carbonyl (C=O) groups excluding carboxylic acids is 2. The van der Waals surface area contributed by atoms with Gasteiger partial charge in [-0.15, -0.1) is 0 Å². The quantitative estimate of drug-likeness (QED) is 0.710. The number of rotatable bonds is 1. The number of nitrogens with zero attached hydrogens (tertiary/aromatic N) is 2. The molecule has 1 heterocycles. The first kappa shape index (κ1) is 11.4. The van der Waals surface area contributed by atoms with Crippen LogP contribution in [-0.4, -0.2) is 36.9 Å². The number of hydrogen-bond acceptors (Lipinski definition) is 3. The van der Waals surface area contributed by atoms with E-state index in [9.17, 15) is 14.0 Å². The van der Waals surface area contributed by atoms with E-state index in [-0.39, 0.29) is 30.6 Å². The van der Waals surface area contributed by atoms with Crippen molar-refractivity contribution < 1.29 is 14.0 Å². The molecule has 90 valence electrons. The summed E-state index contributed by atoms with van der Waals surface area (Å²) in [4.78, 5) is 25.9. The zero-order valence-corrected chi connectivity index (χ0v) is 9.31. The van der Waals surface area contributed by atoms with Gasteiger partial charge in [-0.3, -0.25) is 9.59 Å². The Morgan fingerprint density at radius 3 is 2.59 bits per heavy atom. The van der Waals surface area contributed by atoms with Gasteiger partial charge in [0, 0.05) is 12.7 Å². The molecule has 0 saturated carbocycles. The van der Waals surface area contributed by atoms with E-state index < -0.39 is 5.82 Å². The number of likely N-dealkylation sites (N-methyl/N-ethyl adjacent to an activating group) is 1. The number of benzene rings is 1. The second-order valence-electron chi connectivity index (χ2n) is 3.94. The first-order valence-electron chi connectivity index (χ1n) is 5.08. The monoisotopic (exact) mass is 237 g/mol. The van der Waals surface area contributed by atoms with E-state index in [4.69, 9.17) is 5.73 Å². The van der Waals surface area contributed by atoms with Crippen molar-refractivity contribution in [2.75, 3.05) is 30.8 Å². The van der Waals surface area contributed by atoms with Crippen molar-refractivity contribution in [1.82, 2.24) is 4.90 Å². The van der Waals surface area contributed by atoms with Crippen molar-refractivity contribution in [3.63, 3.8) is 0 Å². The largest absolute Gasteiger partial charge is 0.396 e. The molecule has 17 heavy (non-hydrogen) atoms. The summed E-state index contributed by atoms with van der Waals surface area (Å²) in [5, 5.41) is 0. The van der Waals surface area contributed by atoms with Crippen molar-refractivity contribution in [3.8, 4) is 0 Å². The number of hydrogen-bond donors (Lipinski definition) is 1. The standard InChI is InChI=1S/C11H12FN3O2/c1-14-5-11(17)15(6-10(14)16)7-2-3-8(12)9(13)4-7/h2-4H,5-6,13H2,1H3. The Morgan fingerprint density at radius 1 is 1.24 bits per heavy atom. The van der Waals surface area contributed by atoms with Gasteiger partial charge in [-0.2, -0.15) is 0 Å². The minimum Gasteiger partial charge on any atom is -0.396 e. The minimum absolute atomic E-state index is 0.0239. The van der Waals surface area contributed by atoms with Crippen LogP contribution in [0.3, 0.4) is 0 Å². The van der Waals surface area contributed by atoms with Crippen molar-refractivity contribution in [2.24, 2.45) is 0 Å². The normalized spacial score (nSPS) is 16.6. The lowest BCUT2D eigenvalue weighted by Gasteiger charge is -2.31. The van der Waals surface area contributed by atoms with Gasteiger partial charge in [0.2, 0.25) is 11.8 Å². The highest BCUT2D eigenvalue weighted by molar-refractivity contribution is 6.04. The molecular weight excluding hydrogens is 225 g/mol. The zero-order chi connectivity index (χ0) is 12.6. The highest BCUT2D eigenvalue weighted by Crippen LogP contribution is 2.22. The molecule has 0 spiro atoms. The van der Waals surface area contributed by atoms with E-state index in [1.807, 2.05) is 0 Å². The summed E-state index contributed by atoms with van der Waals surface area (Å²) in [6.45, 7) is -0.0173. The third kappa shape index (κ3) is 2.06. The number of carbonyl (C=O) groups is 2. The molecule has 0 unspecified atom stereocenters. The number of anilines is 2. The van der Waals surface area contributed by atoms with Gasteiger partial charge in [-0.25, -0.2) is 4.39 Å². The minimum atomic E-state index is -0.540. The molecule has 5 nitrogen and oxygen atoms in total. The molecule has 0 aromatic heterocycles. The maximum atomic E-state index is 13.0. The van der Waals surface area contributed by atoms with Crippen molar-refractivity contribution in [3.05, 3.63) is 24.0 Å². The van der Waals surface area contributed by atoms with E-state index in [0.29, 0.717) is 5.69 Å². The van der Waals surface area contributed by atoms with E-state index in [0.717, 1.165) is 0 Å². The number of nitrogens with two attached hydrogens (primary N) is 1. The lowest BCUT2D eigenvalue weighted by molar-refractivity contribution is -0.136. The van der Waals surface area contributed by atoms with E-state index in [1.54, 1.807) is 7.05 Å². The van der Waals surface area contributed by atoms with Crippen LogP contribution in [0.25, 0.3) is 0 Å². The fourth-order valence-electron chi connectivity index (χ4n) is 1.65. The van der Waals surface area contributed by atoms with Crippen LogP contribution < -0.4 is 10.6 Å². The summed E-state index contributed by atoms with van der Waals surface area (Å²) in [7, 11) is 1.57. The topological polar surface area (TPSA) is 66.6 Å². The summed E-state index contributed by atoms with van der Waals surface area (Å²) >= 11 is 0. The number of nitrogen functional groups attached to an aromatic ring is 1. The van der Waals surface area contributed by atoms with Gasteiger partial charge in [0.15, 0.2) is 0 Å². The summed E-state index contributed by atoms with van der Waals surface area (Å²) in [6.07, 6.45) is 0. The number of piperazine rings is 1. The fraction of sp³-hybridized carbons (Fsp3) is 0.273. The van der Waals surface area contributed by atoms with E-state index >= 15 is 0 Å². The second kappa shape index (κ2) is 4.04. The molecule has 1 saturated heterocycles. The summed E-state index contributed by atoms with van der Waals surface area (Å²) in [6, 6.07) is 3.97. The van der Waals surface area contributed by atoms with Gasteiger partial charge in [-0.05, 0) is 18.2 Å². The molecule has 0 atom stereocenters. The lowest BCUT2D eigenvalue weighted by atomic mass is 10.2. The van der Waals surface area contributed by atoms with Crippen molar-refractivity contribution in [1.29, 1.82) is 0 Å². The molecule has 1 aliphatic rings. The van der Waals surface area contributed by atoms with Crippen LogP contribution in [0, 0.1) is 5.82 Å². The number of halogens is 1. The third-order valence-electron chi connectivity index (χ3n) is 2.68. The maximum absolute atomic E-state index is 13.0. The van der Waals surface area contributed by atoms with Crippen molar-refractivity contribution in [2.45, 2.75) is 0 Å². The molecule has 6 heteroatoms. The van der Waals surface area contributed by atoms with E-state index in [1.165, 1.54) is 28.0 Å². The average molecular weight is 237 g/mol. The first-order valence-corrected chi connectivity index (χ1v) is 5.08. The molecule has 1 aromatic rings. The van der Waals surface area contributed by atoms with Gasteiger partial charge in [0.1, 0.15) is 12.4 Å². The molecule has 1 aliphatic heterocycles. The van der Waals surface area contributed by atoms with Gasteiger partial charge in [-0.1, -0.05) is 0 Å². The fourth-order valence-corrected chi connectivity index (χ4v) is 1.65. The summed E-state index contributed by atoms with van der Waals surface area (Å²) < 4.78 is 13.0. The molecule has 0 aliphatic carbocycles. The van der Waals surface area contributed by atoms with Crippen LogP contribution in [0.2, 0.25) is 0 Å². The average Bonchev–Trinajstić information content (AvgIpc) is 2.27. The Labute approximate surface area is 97.6 Å². The molecular formula is C11H12FN3O2. The van der Waals surface area contributed by atoms with Crippen molar-refractivity contribution >= 4 is 23.2 Å².